The molecule has 19 heavy (non-hydrogen) atoms. The highest BCUT2D eigenvalue weighted by Gasteiger charge is 2.04. The maximum absolute atomic E-state index is 12.9. The highest BCUT2D eigenvalue weighted by molar-refractivity contribution is 5.43. The molecule has 2 N–H and O–H groups in total. The zero-order chi connectivity index (χ0) is 14.1. The van der Waals surface area contributed by atoms with Crippen molar-refractivity contribution in [3.8, 4) is 0 Å². The Morgan fingerprint density at radius 1 is 1.32 bits per heavy atom. The summed E-state index contributed by atoms with van der Waals surface area (Å²) in [4.78, 5) is 0. The monoisotopic (exact) mass is 271 g/mol. The summed E-state index contributed by atoms with van der Waals surface area (Å²) in [6, 6.07) is 6.11. The summed E-state index contributed by atoms with van der Waals surface area (Å²) in [7, 11) is 0. The molecule has 0 radical (unpaired) electrons. The summed E-state index contributed by atoms with van der Waals surface area (Å²) >= 11 is 0. The molecular weight excluding hydrogens is 249 g/mol. The minimum Gasteiger partial charge on any atom is -0.389 e. The average Bonchev–Trinajstić information content (AvgIpc) is 2.35. The third-order valence-corrected chi connectivity index (χ3v) is 2.36. The van der Waals surface area contributed by atoms with Crippen molar-refractivity contribution in [1.82, 2.24) is 0 Å². The van der Waals surface area contributed by atoms with E-state index in [-0.39, 0.29) is 18.5 Å². The highest BCUT2D eigenvalue weighted by atomic mass is 19.1. The highest BCUT2D eigenvalue weighted by Crippen LogP contribution is 2.08. The summed E-state index contributed by atoms with van der Waals surface area (Å²) in [6.07, 6.45) is -0.453. The Hall–Kier alpha value is -1.17. The van der Waals surface area contributed by atoms with Gasteiger partial charge in [0.1, 0.15) is 5.82 Å². The molecule has 0 heterocycles. The Kier molecular flexibility index (Phi) is 7.40. The Morgan fingerprint density at radius 2 is 2.11 bits per heavy atom. The van der Waals surface area contributed by atoms with Gasteiger partial charge in [0.05, 0.1) is 32.0 Å². The van der Waals surface area contributed by atoms with Crippen LogP contribution in [0.2, 0.25) is 0 Å². The fourth-order valence-corrected chi connectivity index (χ4v) is 1.46. The van der Waals surface area contributed by atoms with Crippen molar-refractivity contribution in [2.75, 3.05) is 31.7 Å². The lowest BCUT2D eigenvalue weighted by molar-refractivity contribution is -0.00734. The molecular formula is C14H22FNO3. The molecule has 1 aromatic rings. The molecule has 0 aliphatic carbocycles. The second-order valence-electron chi connectivity index (χ2n) is 4.54. The number of hydrogen-bond acceptors (Lipinski definition) is 4. The van der Waals surface area contributed by atoms with Gasteiger partial charge in [0, 0.05) is 12.2 Å². The Bertz CT molecular complexity index is 360. The van der Waals surface area contributed by atoms with Gasteiger partial charge in [0.15, 0.2) is 0 Å². The number of aliphatic hydroxyl groups excluding tert-OH is 1. The minimum absolute atomic E-state index is 0.183. The van der Waals surface area contributed by atoms with Crippen LogP contribution in [0, 0.1) is 5.82 Å². The number of aliphatic hydroxyl groups is 1. The van der Waals surface area contributed by atoms with Crippen molar-refractivity contribution in [2.45, 2.75) is 26.1 Å². The molecule has 108 valence electrons. The van der Waals surface area contributed by atoms with Gasteiger partial charge in [-0.1, -0.05) is 6.07 Å². The third kappa shape index (κ3) is 7.77. The van der Waals surface area contributed by atoms with Crippen molar-refractivity contribution in [3.63, 3.8) is 0 Å². The van der Waals surface area contributed by atoms with Crippen LogP contribution in [0.25, 0.3) is 0 Å². The number of benzene rings is 1. The van der Waals surface area contributed by atoms with Crippen LogP contribution in [0.3, 0.4) is 0 Å². The SMILES string of the molecule is CC(C)OCCOCC(O)CNc1cccc(F)c1. The largest absolute Gasteiger partial charge is 0.389 e. The quantitative estimate of drug-likeness (QED) is 0.675. The smallest absolute Gasteiger partial charge is 0.125 e. The number of rotatable bonds is 9. The van der Waals surface area contributed by atoms with E-state index >= 15 is 0 Å². The molecule has 1 rings (SSSR count). The number of halogens is 1. The molecule has 1 unspecified atom stereocenters. The van der Waals surface area contributed by atoms with Crippen LogP contribution in [0.5, 0.6) is 0 Å². The van der Waals surface area contributed by atoms with Gasteiger partial charge in [-0.15, -0.1) is 0 Å². The summed E-state index contributed by atoms with van der Waals surface area (Å²) in [5, 5.41) is 12.6. The molecule has 0 aromatic heterocycles. The van der Waals surface area contributed by atoms with Gasteiger partial charge in [-0.3, -0.25) is 0 Å². The Labute approximate surface area is 113 Å². The maximum atomic E-state index is 12.9. The lowest BCUT2D eigenvalue weighted by Gasteiger charge is -2.14. The number of hydrogen-bond donors (Lipinski definition) is 2. The third-order valence-electron chi connectivity index (χ3n) is 2.36. The molecule has 1 aromatic carbocycles. The van der Waals surface area contributed by atoms with Gasteiger partial charge in [0.25, 0.3) is 0 Å². The maximum Gasteiger partial charge on any atom is 0.125 e. The number of anilines is 1. The van der Waals surface area contributed by atoms with Crippen molar-refractivity contribution in [2.24, 2.45) is 0 Å². The first-order chi connectivity index (χ1) is 9.08. The number of ether oxygens (including phenoxy) is 2. The predicted octanol–water partition coefficient (Wildman–Crippen LogP) is 2.04. The molecule has 0 amide bonds. The van der Waals surface area contributed by atoms with Crippen molar-refractivity contribution in [3.05, 3.63) is 30.1 Å². The van der Waals surface area contributed by atoms with Crippen LogP contribution in [-0.2, 0) is 9.47 Å². The van der Waals surface area contributed by atoms with E-state index in [4.69, 9.17) is 9.47 Å². The van der Waals surface area contributed by atoms with Crippen LogP contribution >= 0.6 is 0 Å². The second kappa shape index (κ2) is 8.85. The topological polar surface area (TPSA) is 50.7 Å². The lowest BCUT2D eigenvalue weighted by atomic mass is 10.3. The first-order valence-electron chi connectivity index (χ1n) is 6.45. The lowest BCUT2D eigenvalue weighted by Crippen LogP contribution is -2.25. The van der Waals surface area contributed by atoms with E-state index in [1.165, 1.54) is 12.1 Å². The van der Waals surface area contributed by atoms with Crippen LogP contribution in [0.4, 0.5) is 10.1 Å². The fourth-order valence-electron chi connectivity index (χ4n) is 1.46. The fraction of sp³-hybridized carbons (Fsp3) is 0.571. The van der Waals surface area contributed by atoms with Crippen LogP contribution in [-0.4, -0.2) is 43.7 Å². The average molecular weight is 271 g/mol. The molecule has 5 heteroatoms. The predicted molar refractivity (Wildman–Crippen MR) is 72.8 cm³/mol. The Balaban J connectivity index is 2.09. The van der Waals surface area contributed by atoms with Crippen LogP contribution < -0.4 is 5.32 Å². The molecule has 0 fully saturated rings. The van der Waals surface area contributed by atoms with Gasteiger partial charge in [-0.05, 0) is 32.0 Å². The van der Waals surface area contributed by atoms with E-state index in [2.05, 4.69) is 5.32 Å². The van der Waals surface area contributed by atoms with E-state index in [9.17, 15) is 9.50 Å². The Morgan fingerprint density at radius 3 is 2.79 bits per heavy atom. The van der Waals surface area contributed by atoms with Gasteiger partial charge >= 0.3 is 0 Å². The van der Waals surface area contributed by atoms with E-state index in [1.807, 2.05) is 13.8 Å². The molecule has 1 atom stereocenters. The molecule has 0 saturated heterocycles. The molecule has 0 bridgehead atoms. The first kappa shape index (κ1) is 15.9. The first-order valence-corrected chi connectivity index (χ1v) is 6.45. The molecule has 0 spiro atoms. The van der Waals surface area contributed by atoms with E-state index in [1.54, 1.807) is 12.1 Å². The normalized spacial score (nSPS) is 12.7. The minimum atomic E-state index is -0.637. The van der Waals surface area contributed by atoms with Crippen molar-refractivity contribution in [1.29, 1.82) is 0 Å². The van der Waals surface area contributed by atoms with Crippen molar-refractivity contribution >= 4 is 5.69 Å². The molecule has 0 aliphatic rings. The van der Waals surface area contributed by atoms with Gasteiger partial charge in [-0.2, -0.15) is 0 Å². The summed E-state index contributed by atoms with van der Waals surface area (Å²) in [5.74, 6) is -0.304. The molecule has 0 aliphatic heterocycles. The summed E-state index contributed by atoms with van der Waals surface area (Å²) in [5.41, 5.74) is 0.641. The van der Waals surface area contributed by atoms with Gasteiger partial charge < -0.3 is 19.9 Å². The van der Waals surface area contributed by atoms with Gasteiger partial charge in [0.2, 0.25) is 0 Å². The van der Waals surface area contributed by atoms with E-state index < -0.39 is 6.10 Å². The standard InChI is InChI=1S/C14H22FNO3/c1-11(2)19-7-6-18-10-14(17)9-16-13-5-3-4-12(15)8-13/h3-5,8,11,14,16-17H,6-7,9-10H2,1-2H3. The molecule has 4 nitrogen and oxygen atoms in total. The van der Waals surface area contributed by atoms with Crippen molar-refractivity contribution < 1.29 is 19.0 Å². The second-order valence-corrected chi connectivity index (χ2v) is 4.54. The number of nitrogens with one attached hydrogen (secondary N) is 1. The van der Waals surface area contributed by atoms with E-state index in [0.717, 1.165) is 0 Å². The van der Waals surface area contributed by atoms with Crippen LogP contribution in [0.15, 0.2) is 24.3 Å². The zero-order valence-corrected chi connectivity index (χ0v) is 11.4. The summed E-state index contributed by atoms with van der Waals surface area (Å²) in [6.45, 7) is 5.42. The van der Waals surface area contributed by atoms with Crippen LogP contribution in [0.1, 0.15) is 13.8 Å². The summed E-state index contributed by atoms with van der Waals surface area (Å²) < 4.78 is 23.5. The van der Waals surface area contributed by atoms with Gasteiger partial charge in [-0.25, -0.2) is 4.39 Å². The molecule has 0 saturated carbocycles. The van der Waals surface area contributed by atoms with E-state index in [0.29, 0.717) is 25.4 Å². The zero-order valence-electron chi connectivity index (χ0n) is 11.4.